The van der Waals surface area contributed by atoms with E-state index in [2.05, 4.69) is 0 Å². The molecule has 1 aromatic rings. The van der Waals surface area contributed by atoms with Crippen molar-refractivity contribution in [2.45, 2.75) is 37.5 Å². The van der Waals surface area contributed by atoms with Crippen molar-refractivity contribution in [2.24, 2.45) is 5.92 Å². The summed E-state index contributed by atoms with van der Waals surface area (Å²) in [6.45, 7) is 0. The second kappa shape index (κ2) is 5.88. The highest BCUT2D eigenvalue weighted by Gasteiger charge is 2.39. The average Bonchev–Trinajstić information content (AvgIpc) is 2.41. The topological polar surface area (TPSA) is 40.9 Å². The number of nitrogens with zero attached hydrogens (tertiary/aromatic N) is 1. The molecule has 0 radical (unpaired) electrons. The predicted octanol–water partition coefficient (Wildman–Crippen LogP) is 4.34. The van der Waals surface area contributed by atoms with E-state index >= 15 is 0 Å². The maximum Gasteiger partial charge on any atom is 0.248 e. The van der Waals surface area contributed by atoms with Crippen LogP contribution in [0.25, 0.3) is 0 Å². The summed E-state index contributed by atoms with van der Waals surface area (Å²) in [6.07, 6.45) is -0.250. The first kappa shape index (κ1) is 14.9. The number of nitriles is 1. The van der Waals surface area contributed by atoms with E-state index in [1.165, 1.54) is 0 Å². The number of hydrogen-bond acceptors (Lipinski definition) is 2. The summed E-state index contributed by atoms with van der Waals surface area (Å²) in [5.41, 5.74) is 0.569. The van der Waals surface area contributed by atoms with E-state index in [0.717, 1.165) is 0 Å². The Bertz CT molecular complexity index is 526. The van der Waals surface area contributed by atoms with Gasteiger partial charge in [0.15, 0.2) is 5.78 Å². The van der Waals surface area contributed by atoms with Crippen molar-refractivity contribution >= 4 is 17.4 Å². The molecule has 20 heavy (non-hydrogen) atoms. The SMILES string of the molecule is N#CC(C(=O)C1CCC(F)(F)CC1)c1ccc(Cl)cc1. The lowest BCUT2D eigenvalue weighted by molar-refractivity contribution is -0.127. The van der Waals surface area contributed by atoms with Crippen LogP contribution in [0.4, 0.5) is 8.78 Å². The number of benzene rings is 1. The van der Waals surface area contributed by atoms with Crippen molar-refractivity contribution in [1.29, 1.82) is 5.26 Å². The summed E-state index contributed by atoms with van der Waals surface area (Å²) in [4.78, 5) is 12.3. The molecule has 2 nitrogen and oxygen atoms in total. The lowest BCUT2D eigenvalue weighted by atomic mass is 9.79. The van der Waals surface area contributed by atoms with E-state index in [4.69, 9.17) is 11.6 Å². The first-order chi connectivity index (χ1) is 9.43. The molecule has 0 saturated heterocycles. The highest BCUT2D eigenvalue weighted by Crippen LogP contribution is 2.38. The van der Waals surface area contributed by atoms with Crippen LogP contribution in [-0.4, -0.2) is 11.7 Å². The summed E-state index contributed by atoms with van der Waals surface area (Å²) in [7, 11) is 0. The van der Waals surface area contributed by atoms with Gasteiger partial charge in [-0.1, -0.05) is 23.7 Å². The fraction of sp³-hybridized carbons (Fsp3) is 0.467. The number of hydrogen-bond donors (Lipinski definition) is 0. The zero-order valence-electron chi connectivity index (χ0n) is 10.8. The number of alkyl halides is 2. The molecule has 0 spiro atoms. The zero-order chi connectivity index (χ0) is 14.8. The van der Waals surface area contributed by atoms with Gasteiger partial charge in [0.25, 0.3) is 0 Å². The summed E-state index contributed by atoms with van der Waals surface area (Å²) in [5, 5.41) is 9.72. The monoisotopic (exact) mass is 297 g/mol. The molecule has 0 heterocycles. The van der Waals surface area contributed by atoms with Crippen molar-refractivity contribution in [3.63, 3.8) is 0 Å². The lowest BCUT2D eigenvalue weighted by Crippen LogP contribution is -2.31. The van der Waals surface area contributed by atoms with Crippen LogP contribution in [0.1, 0.15) is 37.2 Å². The van der Waals surface area contributed by atoms with Crippen LogP contribution in [0.5, 0.6) is 0 Å². The predicted molar refractivity (Wildman–Crippen MR) is 71.7 cm³/mol. The van der Waals surface area contributed by atoms with Gasteiger partial charge in [-0.2, -0.15) is 5.26 Å². The van der Waals surface area contributed by atoms with Gasteiger partial charge in [-0.3, -0.25) is 4.79 Å². The van der Waals surface area contributed by atoms with Crippen LogP contribution in [-0.2, 0) is 4.79 Å². The Balaban J connectivity index is 2.11. The molecule has 1 aromatic carbocycles. The molecule has 0 aromatic heterocycles. The fourth-order valence-corrected chi connectivity index (χ4v) is 2.64. The van der Waals surface area contributed by atoms with E-state index in [-0.39, 0.29) is 31.5 Å². The lowest BCUT2D eigenvalue weighted by Gasteiger charge is -2.28. The molecule has 1 saturated carbocycles. The van der Waals surface area contributed by atoms with Gasteiger partial charge in [-0.15, -0.1) is 0 Å². The second-order valence-corrected chi connectivity index (χ2v) is 5.58. The molecule has 1 fully saturated rings. The minimum absolute atomic E-state index is 0.150. The number of halogens is 3. The van der Waals surface area contributed by atoms with Crippen LogP contribution in [0.3, 0.4) is 0 Å². The van der Waals surface area contributed by atoms with Gasteiger partial charge < -0.3 is 0 Å². The minimum Gasteiger partial charge on any atom is -0.298 e. The Morgan fingerprint density at radius 1 is 1.30 bits per heavy atom. The van der Waals surface area contributed by atoms with Crippen LogP contribution in [0.2, 0.25) is 5.02 Å². The molecule has 0 bridgehead atoms. The standard InChI is InChI=1S/C15H14ClF2NO/c16-12-3-1-10(2-4-12)13(9-19)14(20)11-5-7-15(17,18)8-6-11/h1-4,11,13H,5-8H2. The quantitative estimate of drug-likeness (QED) is 0.832. The summed E-state index contributed by atoms with van der Waals surface area (Å²) >= 11 is 5.77. The smallest absolute Gasteiger partial charge is 0.248 e. The van der Waals surface area contributed by atoms with Gasteiger partial charge in [0, 0.05) is 23.8 Å². The van der Waals surface area contributed by atoms with E-state index < -0.39 is 17.8 Å². The zero-order valence-corrected chi connectivity index (χ0v) is 11.5. The Hall–Kier alpha value is -1.47. The third-order valence-electron chi connectivity index (χ3n) is 3.74. The number of rotatable bonds is 3. The molecular formula is C15H14ClF2NO. The van der Waals surface area contributed by atoms with Gasteiger partial charge in [-0.05, 0) is 30.5 Å². The van der Waals surface area contributed by atoms with Gasteiger partial charge >= 0.3 is 0 Å². The van der Waals surface area contributed by atoms with E-state index in [9.17, 15) is 18.8 Å². The molecule has 5 heteroatoms. The minimum atomic E-state index is -2.67. The maximum atomic E-state index is 13.1. The summed E-state index contributed by atoms with van der Waals surface area (Å²) in [6, 6.07) is 8.47. The molecule has 0 amide bonds. The van der Waals surface area contributed by atoms with Crippen LogP contribution >= 0.6 is 11.6 Å². The molecule has 2 rings (SSSR count). The van der Waals surface area contributed by atoms with Gasteiger partial charge in [0.2, 0.25) is 5.92 Å². The molecule has 1 aliphatic rings. The van der Waals surface area contributed by atoms with Crippen molar-refractivity contribution < 1.29 is 13.6 Å². The van der Waals surface area contributed by atoms with Gasteiger partial charge in [0.05, 0.1) is 6.07 Å². The van der Waals surface area contributed by atoms with Crippen molar-refractivity contribution in [1.82, 2.24) is 0 Å². The third-order valence-corrected chi connectivity index (χ3v) is 3.99. The third kappa shape index (κ3) is 3.34. The highest BCUT2D eigenvalue weighted by atomic mass is 35.5. The molecule has 106 valence electrons. The number of Topliss-reactive ketones (excluding diaryl/α,β-unsaturated/α-hetero) is 1. The van der Waals surface area contributed by atoms with Gasteiger partial charge in [0.1, 0.15) is 5.92 Å². The molecule has 1 unspecified atom stereocenters. The maximum absolute atomic E-state index is 13.1. The fourth-order valence-electron chi connectivity index (χ4n) is 2.52. The Kier molecular flexibility index (Phi) is 4.39. The molecule has 1 atom stereocenters. The average molecular weight is 298 g/mol. The molecule has 0 aliphatic heterocycles. The Morgan fingerprint density at radius 3 is 2.35 bits per heavy atom. The van der Waals surface area contributed by atoms with E-state index in [0.29, 0.717) is 10.6 Å². The van der Waals surface area contributed by atoms with Crippen LogP contribution in [0.15, 0.2) is 24.3 Å². The number of carbonyl (C=O) groups excluding carboxylic acids is 1. The van der Waals surface area contributed by atoms with Gasteiger partial charge in [-0.25, -0.2) is 8.78 Å². The van der Waals surface area contributed by atoms with Crippen LogP contribution in [0, 0.1) is 17.2 Å². The van der Waals surface area contributed by atoms with E-state index in [1.54, 1.807) is 24.3 Å². The normalized spacial score (nSPS) is 20.1. The Labute approximate surface area is 121 Å². The molecule has 1 aliphatic carbocycles. The van der Waals surface area contributed by atoms with E-state index in [1.807, 2.05) is 6.07 Å². The Morgan fingerprint density at radius 2 is 1.85 bits per heavy atom. The second-order valence-electron chi connectivity index (χ2n) is 5.15. The van der Waals surface area contributed by atoms with Crippen molar-refractivity contribution in [3.8, 4) is 6.07 Å². The first-order valence-electron chi connectivity index (χ1n) is 6.49. The first-order valence-corrected chi connectivity index (χ1v) is 6.87. The largest absolute Gasteiger partial charge is 0.298 e. The summed E-state index contributed by atoms with van der Waals surface area (Å²) < 4.78 is 26.2. The molecule has 0 N–H and O–H groups in total. The number of carbonyl (C=O) groups is 1. The highest BCUT2D eigenvalue weighted by molar-refractivity contribution is 6.30. The van der Waals surface area contributed by atoms with Crippen LogP contribution < -0.4 is 0 Å². The van der Waals surface area contributed by atoms with Crippen molar-refractivity contribution in [3.05, 3.63) is 34.9 Å². The molecular weight excluding hydrogens is 284 g/mol. The summed E-state index contributed by atoms with van der Waals surface area (Å²) in [5.74, 6) is -4.27. The number of ketones is 1. The van der Waals surface area contributed by atoms with Crippen molar-refractivity contribution in [2.75, 3.05) is 0 Å².